The molecule has 5 heteroatoms. The third kappa shape index (κ3) is 3.06. The summed E-state index contributed by atoms with van der Waals surface area (Å²) in [4.78, 5) is 0. The molecule has 0 radical (unpaired) electrons. The topological polar surface area (TPSA) is 58.0 Å². The molecule has 1 heterocycles. The molecule has 0 bridgehead atoms. The quantitative estimate of drug-likeness (QED) is 0.833. The van der Waals surface area contributed by atoms with Gasteiger partial charge in [0.1, 0.15) is 0 Å². The van der Waals surface area contributed by atoms with E-state index in [1.165, 1.54) is 0 Å². The van der Waals surface area contributed by atoms with Crippen molar-refractivity contribution in [3.8, 4) is 0 Å². The summed E-state index contributed by atoms with van der Waals surface area (Å²) < 4.78 is 0. The second-order valence-corrected chi connectivity index (χ2v) is 4.21. The van der Waals surface area contributed by atoms with Crippen molar-refractivity contribution >= 4 is 17.4 Å². The molecule has 0 saturated carbocycles. The van der Waals surface area contributed by atoms with Gasteiger partial charge in [-0.15, -0.1) is 10.2 Å². The van der Waals surface area contributed by atoms with E-state index in [1.54, 1.807) is 0 Å². The van der Waals surface area contributed by atoms with Crippen LogP contribution in [0, 0.1) is 13.8 Å². The van der Waals surface area contributed by atoms with Crippen LogP contribution >= 0.6 is 11.6 Å². The van der Waals surface area contributed by atoms with E-state index >= 15 is 0 Å². The summed E-state index contributed by atoms with van der Waals surface area (Å²) in [5.41, 5.74) is 1.95. The summed E-state index contributed by atoms with van der Waals surface area (Å²) in [6.45, 7) is 6.12. The Morgan fingerprint density at radius 1 is 1.31 bits per heavy atom. The van der Waals surface area contributed by atoms with Gasteiger partial charge >= 0.3 is 0 Å². The highest BCUT2D eigenvalue weighted by Crippen LogP contribution is 2.21. The first-order valence-electron chi connectivity index (χ1n) is 5.46. The van der Waals surface area contributed by atoms with Crippen molar-refractivity contribution in [2.24, 2.45) is 0 Å². The molecular weight excluding hydrogens is 226 g/mol. The van der Waals surface area contributed by atoms with Crippen LogP contribution in [-0.4, -0.2) is 28.0 Å². The largest absolute Gasteiger partial charge is 0.396 e. The number of aliphatic hydroxyl groups excluding tert-OH is 1. The fraction of sp³-hybridized carbons (Fsp3) is 0.636. The van der Waals surface area contributed by atoms with Gasteiger partial charge < -0.3 is 10.4 Å². The van der Waals surface area contributed by atoms with Crippen LogP contribution in [0.3, 0.4) is 0 Å². The van der Waals surface area contributed by atoms with Gasteiger partial charge in [-0.2, -0.15) is 0 Å². The molecule has 0 amide bonds. The molecule has 0 fully saturated rings. The van der Waals surface area contributed by atoms with Gasteiger partial charge in [-0.3, -0.25) is 0 Å². The van der Waals surface area contributed by atoms with Crippen molar-refractivity contribution in [2.45, 2.75) is 39.7 Å². The molecule has 0 aliphatic carbocycles. The number of hydrogen-bond donors (Lipinski definition) is 2. The maximum absolute atomic E-state index is 8.92. The zero-order chi connectivity index (χ0) is 12.1. The Morgan fingerprint density at radius 3 is 2.56 bits per heavy atom. The first-order chi connectivity index (χ1) is 7.60. The van der Waals surface area contributed by atoms with E-state index in [2.05, 4.69) is 22.4 Å². The van der Waals surface area contributed by atoms with Gasteiger partial charge in [-0.25, -0.2) is 0 Å². The van der Waals surface area contributed by atoms with Gasteiger partial charge in [0.25, 0.3) is 0 Å². The molecule has 4 nitrogen and oxygen atoms in total. The molecule has 1 atom stereocenters. The molecule has 0 aromatic carbocycles. The summed E-state index contributed by atoms with van der Waals surface area (Å²) in [6, 6.07) is 0.221. The number of anilines is 1. The van der Waals surface area contributed by atoms with E-state index in [1.807, 2.05) is 13.8 Å². The van der Waals surface area contributed by atoms with E-state index in [9.17, 15) is 0 Å². The Bertz CT molecular complexity index is 357. The van der Waals surface area contributed by atoms with Crippen LogP contribution in [-0.2, 0) is 0 Å². The number of aliphatic hydroxyl groups is 1. The molecule has 16 heavy (non-hydrogen) atoms. The summed E-state index contributed by atoms with van der Waals surface area (Å²) >= 11 is 5.88. The van der Waals surface area contributed by atoms with Gasteiger partial charge in [0.05, 0.1) is 0 Å². The highest BCUT2D eigenvalue weighted by Gasteiger charge is 2.11. The number of hydrogen-bond acceptors (Lipinski definition) is 4. The molecule has 1 aromatic rings. The van der Waals surface area contributed by atoms with Crippen LogP contribution < -0.4 is 5.32 Å². The van der Waals surface area contributed by atoms with Crippen LogP contribution in [0.25, 0.3) is 0 Å². The SMILES string of the molecule is CCC(CCO)Nc1nnc(Cl)c(C)c1C. The molecule has 1 unspecified atom stereocenters. The predicted molar refractivity (Wildman–Crippen MR) is 65.9 cm³/mol. The predicted octanol–water partition coefficient (Wildman–Crippen LogP) is 2.32. The minimum Gasteiger partial charge on any atom is -0.396 e. The van der Waals surface area contributed by atoms with E-state index < -0.39 is 0 Å². The molecule has 0 aliphatic rings. The number of nitrogens with one attached hydrogen (secondary N) is 1. The normalized spacial score (nSPS) is 12.6. The average Bonchev–Trinajstić information content (AvgIpc) is 2.29. The third-order valence-corrected chi connectivity index (χ3v) is 3.14. The fourth-order valence-corrected chi connectivity index (χ4v) is 1.62. The highest BCUT2D eigenvalue weighted by molar-refractivity contribution is 6.30. The van der Waals surface area contributed by atoms with Crippen molar-refractivity contribution in [1.29, 1.82) is 0 Å². The minimum atomic E-state index is 0.171. The molecule has 2 N–H and O–H groups in total. The number of halogens is 1. The lowest BCUT2D eigenvalue weighted by Crippen LogP contribution is -2.21. The molecule has 90 valence electrons. The fourth-order valence-electron chi connectivity index (χ4n) is 1.44. The summed E-state index contributed by atoms with van der Waals surface area (Å²) in [5.74, 6) is 0.752. The van der Waals surface area contributed by atoms with Crippen LogP contribution in [0.15, 0.2) is 0 Å². The Kier molecular flexibility index (Phi) is 4.96. The van der Waals surface area contributed by atoms with Gasteiger partial charge in [0.15, 0.2) is 11.0 Å². The Balaban J connectivity index is 2.84. The average molecular weight is 244 g/mol. The van der Waals surface area contributed by atoms with E-state index in [0.29, 0.717) is 11.6 Å². The maximum Gasteiger partial charge on any atom is 0.155 e. The lowest BCUT2D eigenvalue weighted by atomic mass is 10.1. The summed E-state index contributed by atoms with van der Waals surface area (Å²) in [6.07, 6.45) is 1.64. The van der Waals surface area contributed by atoms with Gasteiger partial charge in [0, 0.05) is 12.6 Å². The maximum atomic E-state index is 8.92. The van der Waals surface area contributed by atoms with Gasteiger partial charge in [-0.05, 0) is 37.8 Å². The van der Waals surface area contributed by atoms with E-state index in [0.717, 1.165) is 23.4 Å². The first-order valence-corrected chi connectivity index (χ1v) is 5.84. The lowest BCUT2D eigenvalue weighted by molar-refractivity contribution is 0.278. The van der Waals surface area contributed by atoms with Crippen LogP contribution in [0.1, 0.15) is 30.9 Å². The van der Waals surface area contributed by atoms with Crippen molar-refractivity contribution in [2.75, 3.05) is 11.9 Å². The standard InChI is InChI=1S/C11H18ClN3O/c1-4-9(5-6-16)13-11-8(3)7(2)10(12)14-15-11/h9,16H,4-6H2,1-3H3,(H,13,15). The van der Waals surface area contributed by atoms with E-state index in [-0.39, 0.29) is 12.6 Å². The zero-order valence-corrected chi connectivity index (χ0v) is 10.7. The molecule has 1 aromatic heterocycles. The van der Waals surface area contributed by atoms with Crippen molar-refractivity contribution in [1.82, 2.24) is 10.2 Å². The molecule has 0 aliphatic heterocycles. The van der Waals surface area contributed by atoms with Crippen molar-refractivity contribution in [3.63, 3.8) is 0 Å². The number of rotatable bonds is 5. The first kappa shape index (κ1) is 13.2. The molecule has 0 spiro atoms. The molecule has 1 rings (SSSR count). The molecule has 0 saturated heterocycles. The smallest absolute Gasteiger partial charge is 0.155 e. The Labute approximate surface area is 101 Å². The number of nitrogens with zero attached hydrogens (tertiary/aromatic N) is 2. The van der Waals surface area contributed by atoms with Crippen molar-refractivity contribution < 1.29 is 5.11 Å². The van der Waals surface area contributed by atoms with Gasteiger partial charge in [-0.1, -0.05) is 18.5 Å². The Morgan fingerprint density at radius 2 is 2.00 bits per heavy atom. The highest BCUT2D eigenvalue weighted by atomic mass is 35.5. The Hall–Kier alpha value is -0.870. The zero-order valence-electron chi connectivity index (χ0n) is 9.92. The van der Waals surface area contributed by atoms with Crippen LogP contribution in [0.5, 0.6) is 0 Å². The van der Waals surface area contributed by atoms with Gasteiger partial charge in [0.2, 0.25) is 0 Å². The van der Waals surface area contributed by atoms with Crippen LogP contribution in [0.2, 0.25) is 5.15 Å². The second kappa shape index (κ2) is 6.01. The van der Waals surface area contributed by atoms with E-state index in [4.69, 9.17) is 16.7 Å². The van der Waals surface area contributed by atoms with Crippen LogP contribution in [0.4, 0.5) is 5.82 Å². The van der Waals surface area contributed by atoms with Crippen molar-refractivity contribution in [3.05, 3.63) is 16.3 Å². The third-order valence-electron chi connectivity index (χ3n) is 2.78. The summed E-state index contributed by atoms with van der Waals surface area (Å²) in [5, 5.41) is 20.5. The minimum absolute atomic E-state index is 0.171. The lowest BCUT2D eigenvalue weighted by Gasteiger charge is -2.18. The monoisotopic (exact) mass is 243 g/mol. The number of aromatic nitrogens is 2. The second-order valence-electron chi connectivity index (χ2n) is 3.85. The molecular formula is C11H18ClN3O. The summed E-state index contributed by atoms with van der Waals surface area (Å²) in [7, 11) is 0.